The van der Waals surface area contributed by atoms with Crippen molar-refractivity contribution >= 4 is 17.6 Å². The highest BCUT2D eigenvalue weighted by molar-refractivity contribution is 6.40. The van der Waals surface area contributed by atoms with Crippen molar-refractivity contribution in [1.82, 2.24) is 0 Å². The summed E-state index contributed by atoms with van der Waals surface area (Å²) in [6.07, 6.45) is -0.567. The summed E-state index contributed by atoms with van der Waals surface area (Å²) >= 11 is 5.25. The van der Waals surface area contributed by atoms with Crippen molar-refractivity contribution in [2.75, 3.05) is 6.61 Å². The smallest absolute Gasteiger partial charge is 0.351 e. The zero-order chi connectivity index (χ0) is 8.85. The second-order valence-corrected chi connectivity index (χ2v) is 2.29. The van der Waals surface area contributed by atoms with Crippen LogP contribution in [0.4, 0.5) is 0 Å². The lowest BCUT2D eigenvalue weighted by atomic mass is 10.6. The summed E-state index contributed by atoms with van der Waals surface area (Å²) in [6.45, 7) is 7.11. The van der Waals surface area contributed by atoms with E-state index in [2.05, 4.69) is 11.3 Å². The van der Waals surface area contributed by atoms with Crippen LogP contribution in [-0.2, 0) is 14.3 Å². The van der Waals surface area contributed by atoms with E-state index >= 15 is 0 Å². The molecule has 64 valence electrons. The molecule has 0 bridgehead atoms. The quantitative estimate of drug-likeness (QED) is 0.373. The van der Waals surface area contributed by atoms with Gasteiger partial charge in [-0.3, -0.25) is 0 Å². The average Bonchev–Trinajstić information content (AvgIpc) is 1.87. The number of carbonyl (C=O) groups excluding carboxylic acids is 1. The fraction of sp³-hybridized carbons (Fsp3) is 0.571. The summed E-state index contributed by atoms with van der Waals surface area (Å²) in [5.41, 5.74) is 0. The molecule has 0 heterocycles. The van der Waals surface area contributed by atoms with Crippen LogP contribution in [0.1, 0.15) is 13.8 Å². The molecule has 0 aromatic rings. The van der Waals surface area contributed by atoms with E-state index in [4.69, 9.17) is 16.3 Å². The predicted octanol–water partition coefficient (Wildman–Crippen LogP) is 1.66. The summed E-state index contributed by atoms with van der Waals surface area (Å²) in [7, 11) is 0. The number of carbonyl (C=O) groups is 1. The first-order chi connectivity index (χ1) is 5.07. The summed E-state index contributed by atoms with van der Waals surface area (Å²) in [6, 6.07) is 0. The Hall–Kier alpha value is -0.540. The molecule has 1 atom stereocenters. The first-order valence-corrected chi connectivity index (χ1v) is 3.62. The van der Waals surface area contributed by atoms with Crippen LogP contribution in [0.25, 0.3) is 0 Å². The second-order valence-electron chi connectivity index (χ2n) is 1.83. The van der Waals surface area contributed by atoms with Crippen LogP contribution < -0.4 is 0 Å². The molecule has 0 fully saturated rings. The van der Waals surface area contributed by atoms with Gasteiger partial charge in [0.2, 0.25) is 6.29 Å². The standard InChI is InChI=1S/C7H11ClO3/c1-4-10-6(3)11-7(9)5(2)8/h6H,2,4H2,1,3H3. The maximum Gasteiger partial charge on any atom is 0.351 e. The summed E-state index contributed by atoms with van der Waals surface area (Å²) in [5.74, 6) is -0.646. The minimum Gasteiger partial charge on any atom is -0.432 e. The Labute approximate surface area is 70.9 Å². The fourth-order valence-corrected chi connectivity index (χ4v) is 0.528. The normalized spacial score (nSPS) is 12.3. The lowest BCUT2D eigenvalue weighted by Crippen LogP contribution is -2.17. The van der Waals surface area contributed by atoms with Gasteiger partial charge >= 0.3 is 5.97 Å². The molecule has 0 aliphatic carbocycles. The molecule has 0 aliphatic heterocycles. The van der Waals surface area contributed by atoms with Gasteiger partial charge in [0.25, 0.3) is 0 Å². The fourth-order valence-electron chi connectivity index (χ4n) is 0.483. The summed E-state index contributed by atoms with van der Waals surface area (Å²) in [4.78, 5) is 10.7. The first-order valence-electron chi connectivity index (χ1n) is 3.25. The third kappa shape index (κ3) is 4.81. The van der Waals surface area contributed by atoms with Crippen LogP contribution in [0.15, 0.2) is 11.6 Å². The Kier molecular flexibility index (Phi) is 4.90. The van der Waals surface area contributed by atoms with Crippen LogP contribution in [0.3, 0.4) is 0 Å². The first kappa shape index (κ1) is 10.5. The molecule has 0 aliphatic rings. The molecule has 0 rings (SSSR count). The SMILES string of the molecule is C=C(Cl)C(=O)OC(C)OCC. The van der Waals surface area contributed by atoms with Gasteiger partial charge in [-0.05, 0) is 13.8 Å². The van der Waals surface area contributed by atoms with Gasteiger partial charge in [-0.15, -0.1) is 0 Å². The maximum atomic E-state index is 10.7. The highest BCUT2D eigenvalue weighted by Gasteiger charge is 2.09. The largest absolute Gasteiger partial charge is 0.432 e. The Morgan fingerprint density at radius 2 is 2.27 bits per heavy atom. The van der Waals surface area contributed by atoms with Gasteiger partial charge in [0.05, 0.1) is 0 Å². The van der Waals surface area contributed by atoms with Gasteiger partial charge < -0.3 is 9.47 Å². The average molecular weight is 179 g/mol. The van der Waals surface area contributed by atoms with Crippen LogP contribution >= 0.6 is 11.6 Å². The molecule has 0 N–H and O–H groups in total. The van der Waals surface area contributed by atoms with Gasteiger partial charge in [-0.25, -0.2) is 4.79 Å². The van der Waals surface area contributed by atoms with Crippen LogP contribution in [0.2, 0.25) is 0 Å². The zero-order valence-corrected chi connectivity index (χ0v) is 7.35. The van der Waals surface area contributed by atoms with Gasteiger partial charge in [-0.2, -0.15) is 0 Å². The number of rotatable bonds is 4. The molecule has 0 radical (unpaired) electrons. The van der Waals surface area contributed by atoms with Crippen molar-refractivity contribution in [3.05, 3.63) is 11.6 Å². The van der Waals surface area contributed by atoms with Crippen molar-refractivity contribution in [2.45, 2.75) is 20.1 Å². The van der Waals surface area contributed by atoms with Crippen molar-refractivity contribution < 1.29 is 14.3 Å². The van der Waals surface area contributed by atoms with E-state index in [9.17, 15) is 4.79 Å². The van der Waals surface area contributed by atoms with E-state index in [1.165, 1.54) is 0 Å². The lowest BCUT2D eigenvalue weighted by Gasteiger charge is -2.11. The van der Waals surface area contributed by atoms with Crippen molar-refractivity contribution in [3.63, 3.8) is 0 Å². The molecule has 0 spiro atoms. The Morgan fingerprint density at radius 1 is 1.73 bits per heavy atom. The molecule has 0 aromatic heterocycles. The topological polar surface area (TPSA) is 35.5 Å². The summed E-state index contributed by atoms with van der Waals surface area (Å²) < 4.78 is 9.58. The Balaban J connectivity index is 3.66. The number of halogens is 1. The zero-order valence-electron chi connectivity index (χ0n) is 6.59. The predicted molar refractivity (Wildman–Crippen MR) is 42.2 cm³/mol. The highest BCUT2D eigenvalue weighted by Crippen LogP contribution is 2.03. The van der Waals surface area contributed by atoms with Crippen molar-refractivity contribution in [3.8, 4) is 0 Å². The molecular weight excluding hydrogens is 168 g/mol. The second kappa shape index (κ2) is 5.16. The number of hydrogen-bond acceptors (Lipinski definition) is 3. The maximum absolute atomic E-state index is 10.7. The van der Waals surface area contributed by atoms with E-state index in [1.807, 2.05) is 0 Å². The van der Waals surface area contributed by atoms with Crippen molar-refractivity contribution in [2.24, 2.45) is 0 Å². The summed E-state index contributed by atoms with van der Waals surface area (Å²) in [5, 5.41) is -0.142. The van der Waals surface area contributed by atoms with E-state index < -0.39 is 12.3 Å². The van der Waals surface area contributed by atoms with Crippen LogP contribution in [0.5, 0.6) is 0 Å². The molecule has 3 nitrogen and oxygen atoms in total. The molecule has 1 unspecified atom stereocenters. The molecule has 4 heteroatoms. The molecule has 0 saturated heterocycles. The Morgan fingerprint density at radius 3 is 2.64 bits per heavy atom. The third-order valence-corrected chi connectivity index (χ3v) is 1.05. The van der Waals surface area contributed by atoms with Crippen LogP contribution in [-0.4, -0.2) is 18.9 Å². The van der Waals surface area contributed by atoms with E-state index in [0.717, 1.165) is 0 Å². The van der Waals surface area contributed by atoms with Gasteiger partial charge in [0.15, 0.2) is 0 Å². The molecule has 0 amide bonds. The molecule has 11 heavy (non-hydrogen) atoms. The highest BCUT2D eigenvalue weighted by atomic mass is 35.5. The number of ether oxygens (including phenoxy) is 2. The number of esters is 1. The minimum atomic E-state index is -0.646. The molecule has 0 aromatic carbocycles. The van der Waals surface area contributed by atoms with Gasteiger partial charge in [0, 0.05) is 6.61 Å². The lowest BCUT2D eigenvalue weighted by molar-refractivity contribution is -0.168. The Bertz CT molecular complexity index is 156. The molecule has 0 saturated carbocycles. The number of hydrogen-bond donors (Lipinski definition) is 0. The van der Waals surface area contributed by atoms with Crippen LogP contribution in [0, 0.1) is 0 Å². The van der Waals surface area contributed by atoms with Gasteiger partial charge in [-0.1, -0.05) is 18.2 Å². The van der Waals surface area contributed by atoms with E-state index in [1.54, 1.807) is 13.8 Å². The van der Waals surface area contributed by atoms with Gasteiger partial charge in [0.1, 0.15) is 5.03 Å². The third-order valence-electron chi connectivity index (χ3n) is 0.896. The monoisotopic (exact) mass is 178 g/mol. The minimum absolute atomic E-state index is 0.142. The molecular formula is C7H11ClO3. The van der Waals surface area contributed by atoms with E-state index in [0.29, 0.717) is 6.61 Å². The van der Waals surface area contributed by atoms with Crippen molar-refractivity contribution in [1.29, 1.82) is 0 Å². The van der Waals surface area contributed by atoms with E-state index in [-0.39, 0.29) is 5.03 Å².